The van der Waals surface area contributed by atoms with Crippen molar-refractivity contribution >= 4 is 11.9 Å². The van der Waals surface area contributed by atoms with Gasteiger partial charge in [-0.1, -0.05) is 38.0 Å². The van der Waals surface area contributed by atoms with Crippen molar-refractivity contribution in [2.24, 2.45) is 17.3 Å². The first-order valence-corrected chi connectivity index (χ1v) is 7.00. The molecule has 2 aliphatic rings. The zero-order valence-electron chi connectivity index (χ0n) is 12.6. The Kier molecular flexibility index (Phi) is 4.02. The van der Waals surface area contributed by atoms with E-state index in [4.69, 9.17) is 9.47 Å². The number of hydrogen-bond acceptors (Lipinski definition) is 4. The second kappa shape index (κ2) is 5.43. The Morgan fingerprint density at radius 3 is 2.50 bits per heavy atom. The summed E-state index contributed by atoms with van der Waals surface area (Å²) >= 11 is 0. The van der Waals surface area contributed by atoms with Crippen molar-refractivity contribution in [3.8, 4) is 0 Å². The molecule has 0 spiro atoms. The molecule has 4 heteroatoms. The number of hydrogen-bond donors (Lipinski definition) is 0. The molecule has 0 amide bonds. The number of carbonyl (C=O) groups excluding carboxylic acids is 2. The summed E-state index contributed by atoms with van der Waals surface area (Å²) in [4.78, 5) is 24.1. The van der Waals surface area contributed by atoms with Crippen LogP contribution >= 0.6 is 0 Å². The zero-order chi connectivity index (χ0) is 14.9. The third-order valence-electron chi connectivity index (χ3n) is 4.55. The van der Waals surface area contributed by atoms with E-state index in [0.29, 0.717) is 5.57 Å². The van der Waals surface area contributed by atoms with Crippen LogP contribution < -0.4 is 0 Å². The number of esters is 2. The van der Waals surface area contributed by atoms with E-state index < -0.39 is 11.9 Å². The first-order chi connectivity index (χ1) is 9.42. The lowest BCUT2D eigenvalue weighted by atomic mass is 9.61. The van der Waals surface area contributed by atoms with Crippen molar-refractivity contribution in [1.29, 1.82) is 0 Å². The molecule has 2 aliphatic carbocycles. The molecular formula is C16H22O4. The van der Waals surface area contributed by atoms with Crippen molar-refractivity contribution < 1.29 is 19.1 Å². The molecule has 0 radical (unpaired) electrons. The summed E-state index contributed by atoms with van der Waals surface area (Å²) in [5.74, 6) is -1.29. The maximum atomic E-state index is 12.2. The van der Waals surface area contributed by atoms with Gasteiger partial charge in [0.1, 0.15) is 0 Å². The number of methoxy groups -OCH3 is 2. The predicted octanol–water partition coefficient (Wildman–Crippen LogP) is 2.64. The summed E-state index contributed by atoms with van der Waals surface area (Å²) in [7, 11) is 2.70. The fourth-order valence-electron chi connectivity index (χ4n) is 3.49. The second-order valence-electron chi connectivity index (χ2n) is 6.12. The van der Waals surface area contributed by atoms with Gasteiger partial charge in [-0.05, 0) is 24.2 Å². The molecule has 0 aromatic carbocycles. The van der Waals surface area contributed by atoms with Crippen LogP contribution in [0, 0.1) is 17.3 Å². The molecule has 0 aromatic rings. The first-order valence-electron chi connectivity index (χ1n) is 7.00. The van der Waals surface area contributed by atoms with Crippen LogP contribution in [0.2, 0.25) is 0 Å². The highest BCUT2D eigenvalue weighted by molar-refractivity contribution is 5.96. The van der Waals surface area contributed by atoms with E-state index in [1.165, 1.54) is 19.8 Å². The fraction of sp³-hybridized carbons (Fsp3) is 0.625. The van der Waals surface area contributed by atoms with Crippen LogP contribution in [0.4, 0.5) is 0 Å². The lowest BCUT2D eigenvalue weighted by molar-refractivity contribution is -0.149. The van der Waals surface area contributed by atoms with E-state index in [9.17, 15) is 9.59 Å². The lowest BCUT2D eigenvalue weighted by Gasteiger charge is -2.43. The number of fused-ring (bicyclic) bond motifs is 1. The molecule has 0 bridgehead atoms. The van der Waals surface area contributed by atoms with E-state index in [1.54, 1.807) is 6.08 Å². The maximum Gasteiger partial charge on any atom is 0.334 e. The van der Waals surface area contributed by atoms with Crippen molar-refractivity contribution in [2.45, 2.75) is 33.1 Å². The van der Waals surface area contributed by atoms with Crippen LogP contribution in [-0.2, 0) is 19.1 Å². The van der Waals surface area contributed by atoms with Crippen molar-refractivity contribution in [2.75, 3.05) is 14.2 Å². The van der Waals surface area contributed by atoms with Gasteiger partial charge in [-0.25, -0.2) is 4.79 Å². The Bertz CT molecular complexity index is 485. The summed E-state index contributed by atoms with van der Waals surface area (Å²) in [5, 5.41) is 0. The summed E-state index contributed by atoms with van der Waals surface area (Å²) < 4.78 is 9.72. The van der Waals surface area contributed by atoms with Crippen LogP contribution in [0.3, 0.4) is 0 Å². The van der Waals surface area contributed by atoms with Gasteiger partial charge in [0.25, 0.3) is 0 Å². The quantitative estimate of drug-likeness (QED) is 0.729. The van der Waals surface area contributed by atoms with Gasteiger partial charge in [-0.3, -0.25) is 4.79 Å². The molecule has 2 atom stereocenters. The van der Waals surface area contributed by atoms with E-state index in [2.05, 4.69) is 13.8 Å². The molecular weight excluding hydrogens is 256 g/mol. The van der Waals surface area contributed by atoms with Gasteiger partial charge >= 0.3 is 11.9 Å². The Hall–Kier alpha value is -1.58. The highest BCUT2D eigenvalue weighted by Crippen LogP contribution is 2.50. The third kappa shape index (κ3) is 2.39. The average Bonchev–Trinajstić information content (AvgIpc) is 2.44. The molecule has 110 valence electrons. The SMILES string of the molecule is COC(=O)C1=CC=C2[C@H](CCCC2(C)C)[C@H]1C(=O)OC. The van der Waals surface area contributed by atoms with Crippen LogP contribution in [0.15, 0.2) is 23.3 Å². The molecule has 0 saturated heterocycles. The van der Waals surface area contributed by atoms with Gasteiger partial charge in [0.2, 0.25) is 0 Å². The standard InChI is InChI=1S/C16H22O4/c1-16(2)9-5-6-10-12(16)8-7-11(14(17)19-3)13(10)15(18)20-4/h7-8,10,13H,5-6,9H2,1-4H3/t10-,13+/m0/s1. The minimum Gasteiger partial charge on any atom is -0.469 e. The largest absolute Gasteiger partial charge is 0.469 e. The van der Waals surface area contributed by atoms with Crippen LogP contribution in [0.1, 0.15) is 33.1 Å². The Balaban J connectivity index is 2.47. The Labute approximate surface area is 119 Å². The van der Waals surface area contributed by atoms with Crippen LogP contribution in [0.5, 0.6) is 0 Å². The summed E-state index contributed by atoms with van der Waals surface area (Å²) in [6, 6.07) is 0. The van der Waals surface area contributed by atoms with Gasteiger partial charge in [0, 0.05) is 0 Å². The third-order valence-corrected chi connectivity index (χ3v) is 4.55. The van der Waals surface area contributed by atoms with Crippen LogP contribution in [-0.4, -0.2) is 26.2 Å². The zero-order valence-corrected chi connectivity index (χ0v) is 12.6. The van der Waals surface area contributed by atoms with Gasteiger partial charge in [-0.15, -0.1) is 0 Å². The minimum atomic E-state index is -0.535. The second-order valence-corrected chi connectivity index (χ2v) is 6.12. The molecule has 0 heterocycles. The Morgan fingerprint density at radius 1 is 1.20 bits per heavy atom. The highest BCUT2D eigenvalue weighted by atomic mass is 16.5. The molecule has 0 N–H and O–H groups in total. The van der Waals surface area contributed by atoms with E-state index in [1.807, 2.05) is 6.08 Å². The molecule has 0 aliphatic heterocycles. The van der Waals surface area contributed by atoms with Crippen molar-refractivity contribution in [3.05, 3.63) is 23.3 Å². The molecule has 4 nitrogen and oxygen atoms in total. The van der Waals surface area contributed by atoms with Crippen LogP contribution in [0.25, 0.3) is 0 Å². The number of allylic oxidation sites excluding steroid dienone is 3. The molecule has 1 saturated carbocycles. The maximum absolute atomic E-state index is 12.2. The normalized spacial score (nSPS) is 27.8. The molecule has 20 heavy (non-hydrogen) atoms. The van der Waals surface area contributed by atoms with Gasteiger partial charge in [0.05, 0.1) is 25.7 Å². The summed E-state index contributed by atoms with van der Waals surface area (Å²) in [5.41, 5.74) is 1.71. The minimum absolute atomic E-state index is 0.0466. The lowest BCUT2D eigenvalue weighted by Crippen LogP contribution is -2.39. The van der Waals surface area contributed by atoms with E-state index in [0.717, 1.165) is 19.3 Å². The predicted molar refractivity (Wildman–Crippen MR) is 74.8 cm³/mol. The first kappa shape index (κ1) is 14.8. The molecule has 2 rings (SSSR count). The van der Waals surface area contributed by atoms with Crippen molar-refractivity contribution in [1.82, 2.24) is 0 Å². The summed E-state index contributed by atoms with van der Waals surface area (Å²) in [6.07, 6.45) is 6.78. The average molecular weight is 278 g/mol. The highest BCUT2D eigenvalue weighted by Gasteiger charge is 2.45. The van der Waals surface area contributed by atoms with E-state index in [-0.39, 0.29) is 17.3 Å². The summed E-state index contributed by atoms with van der Waals surface area (Å²) in [6.45, 7) is 4.38. The molecule has 0 aromatic heterocycles. The number of ether oxygens (including phenoxy) is 2. The van der Waals surface area contributed by atoms with Gasteiger partial charge < -0.3 is 9.47 Å². The smallest absolute Gasteiger partial charge is 0.334 e. The van der Waals surface area contributed by atoms with Gasteiger partial charge in [0.15, 0.2) is 0 Å². The molecule has 1 fully saturated rings. The monoisotopic (exact) mass is 278 g/mol. The van der Waals surface area contributed by atoms with E-state index >= 15 is 0 Å². The topological polar surface area (TPSA) is 52.6 Å². The Morgan fingerprint density at radius 2 is 1.90 bits per heavy atom. The van der Waals surface area contributed by atoms with Crippen molar-refractivity contribution in [3.63, 3.8) is 0 Å². The number of rotatable bonds is 2. The van der Waals surface area contributed by atoms with Gasteiger partial charge in [-0.2, -0.15) is 0 Å². The molecule has 0 unspecified atom stereocenters. The fourth-order valence-corrected chi connectivity index (χ4v) is 3.49. The number of carbonyl (C=O) groups is 2.